The molecule has 2 amide bonds. The van der Waals surface area contributed by atoms with Crippen LogP contribution in [0.4, 0.5) is 0 Å². The summed E-state index contributed by atoms with van der Waals surface area (Å²) in [5, 5.41) is 0. The summed E-state index contributed by atoms with van der Waals surface area (Å²) in [6.07, 6.45) is 2.79. The molecule has 18 heteroatoms. The zero-order valence-corrected chi connectivity index (χ0v) is 33.7. The molecule has 0 aliphatic carbocycles. The van der Waals surface area contributed by atoms with E-state index in [1.807, 2.05) is 38.1 Å². The first-order valence-electron chi connectivity index (χ1n) is 16.1. The van der Waals surface area contributed by atoms with Gasteiger partial charge in [-0.15, -0.1) is 0 Å². The van der Waals surface area contributed by atoms with E-state index in [0.717, 1.165) is 29.0 Å². The third-order valence-corrected chi connectivity index (χ3v) is 13.5. The van der Waals surface area contributed by atoms with E-state index in [0.29, 0.717) is 28.0 Å². The minimum atomic E-state index is -4.16. The zero-order valence-electron chi connectivity index (χ0n) is 30.4. The predicted octanol–water partition coefficient (Wildman–Crippen LogP) is 3.73. The van der Waals surface area contributed by atoms with Crippen LogP contribution >= 0.6 is 11.8 Å². The van der Waals surface area contributed by atoms with Crippen molar-refractivity contribution in [3.63, 3.8) is 0 Å². The number of aryl methyl sites for hydroxylation is 4. The Hall–Kier alpha value is -5.04. The largest absolute Gasteiger partial charge is 0.370 e. The van der Waals surface area contributed by atoms with Gasteiger partial charge in [-0.05, 0) is 85.3 Å². The number of carbonyl (C=O) groups is 2. The van der Waals surface area contributed by atoms with Gasteiger partial charge in [-0.3, -0.25) is 9.59 Å². The monoisotopic (exact) mass is 814 g/mol. The Morgan fingerprint density at radius 1 is 0.574 bits per heavy atom. The Morgan fingerprint density at radius 3 is 1.46 bits per heavy atom. The molecule has 0 bridgehead atoms. The predicted molar refractivity (Wildman–Crippen MR) is 210 cm³/mol. The fourth-order valence-corrected chi connectivity index (χ4v) is 10.6. The Kier molecular flexibility index (Phi) is 14.0. The highest BCUT2D eigenvalue weighted by molar-refractivity contribution is 8.00. The number of nitrogens with two attached hydrogens (primary N) is 4. The van der Waals surface area contributed by atoms with Crippen molar-refractivity contribution in [1.29, 1.82) is 0 Å². The molecule has 0 unspecified atom stereocenters. The fraction of sp³-hybridized carbons (Fsp3) is 0.222. The molecule has 0 heterocycles. The van der Waals surface area contributed by atoms with Crippen molar-refractivity contribution < 1.29 is 34.8 Å². The summed E-state index contributed by atoms with van der Waals surface area (Å²) in [6, 6.07) is 19.3. The molecule has 54 heavy (non-hydrogen) atoms. The molecule has 8 N–H and O–H groups in total. The Balaban J connectivity index is 0.000000291. The normalized spacial score (nSPS) is 11.5. The van der Waals surface area contributed by atoms with Crippen molar-refractivity contribution in [1.82, 2.24) is 0 Å². The molecule has 14 nitrogen and oxygen atoms in total. The van der Waals surface area contributed by atoms with E-state index in [-0.39, 0.29) is 38.2 Å². The Morgan fingerprint density at radius 2 is 1.02 bits per heavy atom. The van der Waals surface area contributed by atoms with Crippen LogP contribution in [0.25, 0.3) is 0 Å². The van der Waals surface area contributed by atoms with Crippen LogP contribution in [0.1, 0.15) is 56.8 Å². The van der Waals surface area contributed by atoms with Crippen molar-refractivity contribution in [3.05, 3.63) is 106 Å². The molecule has 0 aliphatic rings. The summed E-state index contributed by atoms with van der Waals surface area (Å²) < 4.78 is 75.8. The maximum atomic E-state index is 13.2. The van der Waals surface area contributed by atoms with Crippen LogP contribution < -0.4 is 22.9 Å². The van der Waals surface area contributed by atoms with E-state index < -0.39 is 52.2 Å². The average Bonchev–Trinajstić information content (AvgIpc) is 3.07. The van der Waals surface area contributed by atoms with Crippen molar-refractivity contribution in [2.45, 2.75) is 69.9 Å². The summed E-state index contributed by atoms with van der Waals surface area (Å²) in [7, 11) is -11.7. The quantitative estimate of drug-likeness (QED) is 0.132. The highest BCUT2D eigenvalue weighted by Gasteiger charge is 2.30. The number of sulfone groups is 3. The van der Waals surface area contributed by atoms with E-state index >= 15 is 0 Å². The SMILES string of the molecule is CCc1cc(S(=O)(=O)c2ccccc2C)c(S(C)(=O)=O)cc1C(=O)N=C(N)N.CCc1cc(Sc2ccccc2C)c(S(C)(=O)=O)cc1C(=O)N=C(N)N. The third-order valence-electron chi connectivity index (χ3n) is 7.81. The van der Waals surface area contributed by atoms with E-state index in [2.05, 4.69) is 9.98 Å². The van der Waals surface area contributed by atoms with Gasteiger partial charge in [-0.25, -0.2) is 25.3 Å². The average molecular weight is 815 g/mol. The molecule has 0 aliphatic heterocycles. The van der Waals surface area contributed by atoms with Gasteiger partial charge in [0.05, 0.1) is 19.6 Å². The van der Waals surface area contributed by atoms with Crippen LogP contribution in [-0.2, 0) is 42.4 Å². The van der Waals surface area contributed by atoms with Gasteiger partial charge in [0.2, 0.25) is 9.84 Å². The second kappa shape index (κ2) is 17.4. The smallest absolute Gasteiger partial charge is 0.280 e. The summed E-state index contributed by atoms with van der Waals surface area (Å²) >= 11 is 1.36. The lowest BCUT2D eigenvalue weighted by Crippen LogP contribution is -2.24. The van der Waals surface area contributed by atoms with Crippen molar-refractivity contribution >= 4 is 65.0 Å². The van der Waals surface area contributed by atoms with Crippen LogP contribution in [0, 0.1) is 13.8 Å². The van der Waals surface area contributed by atoms with E-state index in [1.54, 1.807) is 38.1 Å². The van der Waals surface area contributed by atoms with Crippen LogP contribution in [0.3, 0.4) is 0 Å². The zero-order chi connectivity index (χ0) is 40.8. The molecule has 288 valence electrons. The van der Waals surface area contributed by atoms with Crippen molar-refractivity contribution in [2.24, 2.45) is 32.9 Å². The molecule has 0 saturated heterocycles. The maximum absolute atomic E-state index is 13.2. The summed E-state index contributed by atoms with van der Waals surface area (Å²) in [4.78, 5) is 32.3. The summed E-state index contributed by atoms with van der Waals surface area (Å²) in [5.74, 6) is -2.35. The highest BCUT2D eigenvalue weighted by atomic mass is 32.2. The van der Waals surface area contributed by atoms with Gasteiger partial charge in [-0.2, -0.15) is 9.98 Å². The maximum Gasteiger partial charge on any atom is 0.280 e. The minimum Gasteiger partial charge on any atom is -0.370 e. The molecule has 4 aromatic rings. The summed E-state index contributed by atoms with van der Waals surface area (Å²) in [6.45, 7) is 7.15. The molecule has 0 atom stereocenters. The van der Waals surface area contributed by atoms with Crippen LogP contribution in [0.15, 0.2) is 112 Å². The molecular weight excluding hydrogens is 773 g/mol. The standard InChI is InChI=1S/C18H21N3O5S2.C18H21N3O3S2/c1-4-12-9-16(28(25,26)14-8-6-5-7-11(14)2)15(27(3,23)24)10-13(12)17(22)21-18(19)20;1-4-12-9-15(25-14-8-6-5-7-11(14)2)16(26(3,23)24)10-13(12)17(22)21-18(19)20/h5-10H,4H2,1-3H3,(H4,19,20,21,22);5-10H,4H2,1-3H3,(H4,19,20,21,22). The van der Waals surface area contributed by atoms with Gasteiger partial charge < -0.3 is 22.9 Å². The molecule has 4 rings (SSSR count). The van der Waals surface area contributed by atoms with Crippen LogP contribution in [0.2, 0.25) is 0 Å². The number of guanidine groups is 2. The van der Waals surface area contributed by atoms with Crippen molar-refractivity contribution in [2.75, 3.05) is 12.5 Å². The lowest BCUT2D eigenvalue weighted by molar-refractivity contribution is 0.0993. The summed E-state index contributed by atoms with van der Waals surface area (Å²) in [5.41, 5.74) is 23.6. The number of benzene rings is 4. The fourth-order valence-electron chi connectivity index (χ4n) is 5.18. The van der Waals surface area contributed by atoms with Crippen molar-refractivity contribution in [3.8, 4) is 0 Å². The number of hydrogen-bond acceptors (Lipinski definition) is 9. The molecule has 0 spiro atoms. The molecule has 0 fully saturated rings. The number of rotatable bonds is 10. The molecular formula is C36H42N6O8S4. The van der Waals surface area contributed by atoms with E-state index in [1.165, 1.54) is 30.0 Å². The molecule has 0 saturated carbocycles. The lowest BCUT2D eigenvalue weighted by Gasteiger charge is -2.15. The van der Waals surface area contributed by atoms with Crippen LogP contribution in [-0.4, -0.2) is 61.5 Å². The first-order chi connectivity index (χ1) is 25.0. The second-order valence-corrected chi connectivity index (χ2v) is 18.9. The third kappa shape index (κ3) is 10.6. The number of amides is 2. The molecule has 0 radical (unpaired) electrons. The first-order valence-corrected chi connectivity index (χ1v) is 22.2. The van der Waals surface area contributed by atoms with Gasteiger partial charge in [0, 0.05) is 33.4 Å². The van der Waals surface area contributed by atoms with Gasteiger partial charge in [-0.1, -0.05) is 62.0 Å². The lowest BCUT2D eigenvalue weighted by atomic mass is 10.0. The Bertz CT molecular complexity index is 2510. The minimum absolute atomic E-state index is 0.00902. The highest BCUT2D eigenvalue weighted by Crippen LogP contribution is 2.37. The van der Waals surface area contributed by atoms with Gasteiger partial charge in [0.25, 0.3) is 11.8 Å². The van der Waals surface area contributed by atoms with E-state index in [4.69, 9.17) is 22.9 Å². The first kappa shape index (κ1) is 43.4. The van der Waals surface area contributed by atoms with E-state index in [9.17, 15) is 34.8 Å². The number of aliphatic imine (C=N–C) groups is 2. The second-order valence-electron chi connectivity index (χ2n) is 12.0. The topological polar surface area (TPSA) is 265 Å². The number of hydrogen-bond donors (Lipinski definition) is 4. The van der Waals surface area contributed by atoms with Gasteiger partial charge in [0.15, 0.2) is 31.6 Å². The van der Waals surface area contributed by atoms with Crippen LogP contribution in [0.5, 0.6) is 0 Å². The molecule has 0 aromatic heterocycles. The molecule has 4 aromatic carbocycles. The van der Waals surface area contributed by atoms with Gasteiger partial charge >= 0.3 is 0 Å². The Labute approximate surface area is 319 Å². The number of nitrogens with zero attached hydrogens (tertiary/aromatic N) is 2. The number of carbonyl (C=O) groups excluding carboxylic acids is 2. The van der Waals surface area contributed by atoms with Gasteiger partial charge in [0.1, 0.15) is 0 Å².